The Kier molecular flexibility index (Phi) is 12.0. The van der Waals surface area contributed by atoms with Crippen molar-refractivity contribution in [1.29, 1.82) is 0 Å². The summed E-state index contributed by atoms with van der Waals surface area (Å²) in [6.45, 7) is -0.435. The standard InChI is InChI=1S/C42H38N5O8P/c48-39(34-21-11-4-12-22-34)47-40(49)36-23-13-14-24-37(36)46(42(47)51)26-35-25-45(44-43-35)27-38(53-28-31-15-5-1-6-16-31)41(50)56(52,54-29-32-17-7-2-8-18-32)55-30-33-19-9-3-10-20-33/h1-25,38,41,50H,26-30H2/t38-,41-/m0/s1. The van der Waals surface area contributed by atoms with Crippen LogP contribution in [0.1, 0.15) is 32.7 Å². The first kappa shape index (κ1) is 38.2. The first-order valence-corrected chi connectivity index (χ1v) is 19.4. The zero-order valence-corrected chi connectivity index (χ0v) is 31.0. The summed E-state index contributed by atoms with van der Waals surface area (Å²) in [4.78, 5) is 40.8. The number of hydrogen-bond donors (Lipinski definition) is 1. The summed E-state index contributed by atoms with van der Waals surface area (Å²) in [5, 5.41) is 20.6. The Labute approximate surface area is 321 Å². The summed E-state index contributed by atoms with van der Waals surface area (Å²) in [7, 11) is -4.32. The summed E-state index contributed by atoms with van der Waals surface area (Å²) >= 11 is 0. The molecule has 2 heterocycles. The molecule has 284 valence electrons. The second kappa shape index (κ2) is 17.6. The summed E-state index contributed by atoms with van der Waals surface area (Å²) in [6.07, 6.45) is 0.359. The van der Waals surface area contributed by atoms with E-state index in [9.17, 15) is 24.1 Å². The molecule has 56 heavy (non-hydrogen) atoms. The van der Waals surface area contributed by atoms with E-state index >= 15 is 0 Å². The van der Waals surface area contributed by atoms with Crippen LogP contribution in [-0.4, -0.2) is 47.1 Å². The van der Waals surface area contributed by atoms with Gasteiger partial charge in [-0.2, -0.15) is 4.57 Å². The molecular weight excluding hydrogens is 733 g/mol. The molecule has 0 saturated heterocycles. The van der Waals surface area contributed by atoms with Crippen molar-refractivity contribution >= 4 is 24.4 Å². The van der Waals surface area contributed by atoms with Crippen LogP contribution < -0.4 is 11.2 Å². The summed E-state index contributed by atoms with van der Waals surface area (Å²) in [6, 6.07) is 42.1. The van der Waals surface area contributed by atoms with Gasteiger partial charge in [0.2, 0.25) is 0 Å². The molecule has 7 rings (SSSR count). The molecule has 0 aliphatic rings. The van der Waals surface area contributed by atoms with Gasteiger partial charge in [-0.3, -0.25) is 18.7 Å². The van der Waals surface area contributed by atoms with Crippen LogP contribution in [0.4, 0.5) is 0 Å². The van der Waals surface area contributed by atoms with E-state index in [0.29, 0.717) is 15.8 Å². The fraction of sp³-hybridized carbons (Fsp3) is 0.167. The average molecular weight is 772 g/mol. The summed E-state index contributed by atoms with van der Waals surface area (Å²) in [5.41, 5.74) is 1.47. The maximum Gasteiger partial charge on any atom is 0.362 e. The van der Waals surface area contributed by atoms with Crippen molar-refractivity contribution in [2.45, 2.75) is 44.9 Å². The fourth-order valence-electron chi connectivity index (χ4n) is 6.09. The van der Waals surface area contributed by atoms with Crippen molar-refractivity contribution in [2.75, 3.05) is 0 Å². The molecule has 2 aromatic heterocycles. The van der Waals surface area contributed by atoms with Crippen molar-refractivity contribution in [3.05, 3.63) is 201 Å². The Morgan fingerprint density at radius 1 is 0.696 bits per heavy atom. The number of para-hydroxylation sites is 1. The van der Waals surface area contributed by atoms with Gasteiger partial charge in [0.25, 0.3) is 11.5 Å². The van der Waals surface area contributed by atoms with Gasteiger partial charge >= 0.3 is 13.3 Å². The molecule has 0 aliphatic heterocycles. The zero-order valence-electron chi connectivity index (χ0n) is 30.1. The lowest BCUT2D eigenvalue weighted by atomic mass is 10.2. The Bertz CT molecular complexity index is 2520. The van der Waals surface area contributed by atoms with Crippen molar-refractivity contribution in [3.8, 4) is 0 Å². The van der Waals surface area contributed by atoms with E-state index in [0.717, 1.165) is 16.7 Å². The van der Waals surface area contributed by atoms with E-state index in [1.807, 2.05) is 91.0 Å². The molecule has 2 atom stereocenters. The fourth-order valence-corrected chi connectivity index (χ4v) is 7.72. The Balaban J connectivity index is 1.19. The number of aliphatic hydroxyl groups excluding tert-OH is 1. The van der Waals surface area contributed by atoms with E-state index in [1.54, 1.807) is 48.7 Å². The number of fused-ring (bicyclic) bond motifs is 1. The van der Waals surface area contributed by atoms with Gasteiger partial charge in [-0.25, -0.2) is 9.48 Å². The minimum absolute atomic E-state index is 0.0554. The third-order valence-corrected chi connectivity index (χ3v) is 11.0. The lowest BCUT2D eigenvalue weighted by Crippen LogP contribution is -2.44. The van der Waals surface area contributed by atoms with Gasteiger partial charge in [-0.15, -0.1) is 5.10 Å². The van der Waals surface area contributed by atoms with Crippen LogP contribution in [0.2, 0.25) is 0 Å². The second-order valence-electron chi connectivity index (χ2n) is 12.9. The highest BCUT2D eigenvalue weighted by Gasteiger charge is 2.42. The molecule has 0 aliphatic carbocycles. The second-order valence-corrected chi connectivity index (χ2v) is 15.1. The predicted molar refractivity (Wildman–Crippen MR) is 209 cm³/mol. The Morgan fingerprint density at radius 3 is 1.80 bits per heavy atom. The minimum atomic E-state index is -4.32. The molecular formula is C42H38N5O8P. The van der Waals surface area contributed by atoms with Crippen LogP contribution in [0.3, 0.4) is 0 Å². The summed E-state index contributed by atoms with van der Waals surface area (Å²) in [5.74, 6) is -2.53. The topological polar surface area (TPSA) is 157 Å². The van der Waals surface area contributed by atoms with Crippen LogP contribution in [0.5, 0.6) is 0 Å². The molecule has 14 heteroatoms. The van der Waals surface area contributed by atoms with Gasteiger partial charge in [-0.1, -0.05) is 127 Å². The van der Waals surface area contributed by atoms with Crippen molar-refractivity contribution in [1.82, 2.24) is 24.1 Å². The lowest BCUT2D eigenvalue weighted by molar-refractivity contribution is -0.0384. The van der Waals surface area contributed by atoms with E-state index in [1.165, 1.54) is 21.4 Å². The third kappa shape index (κ3) is 8.89. The Hall–Kier alpha value is -6.08. The normalized spacial score (nSPS) is 12.7. The third-order valence-electron chi connectivity index (χ3n) is 9.02. The predicted octanol–water partition coefficient (Wildman–Crippen LogP) is 6.02. The van der Waals surface area contributed by atoms with Crippen LogP contribution in [0, 0.1) is 0 Å². The lowest BCUT2D eigenvalue weighted by Gasteiger charge is -2.29. The molecule has 0 bridgehead atoms. The number of hydrogen-bond acceptors (Lipinski definition) is 10. The number of nitrogens with zero attached hydrogens (tertiary/aromatic N) is 5. The van der Waals surface area contributed by atoms with Crippen LogP contribution in [0.25, 0.3) is 10.9 Å². The quantitative estimate of drug-likeness (QED) is 0.115. The SMILES string of the molecule is O=C(c1ccccc1)n1c(=O)c2ccccc2n(Cc2cn(C[C@H](OCc3ccccc3)[C@@H](O)P(=O)(OCc3ccccc3)OCc3ccccc3)nn2)c1=O. The number of ether oxygens (including phenoxy) is 1. The first-order chi connectivity index (χ1) is 27.3. The van der Waals surface area contributed by atoms with E-state index < -0.39 is 36.7 Å². The molecule has 7 aromatic rings. The molecule has 0 spiro atoms. The zero-order chi connectivity index (χ0) is 38.9. The van der Waals surface area contributed by atoms with Crippen molar-refractivity contribution < 1.29 is 28.3 Å². The van der Waals surface area contributed by atoms with Gasteiger partial charge in [0, 0.05) is 5.56 Å². The van der Waals surface area contributed by atoms with Gasteiger partial charge in [0.1, 0.15) is 11.8 Å². The first-order valence-electron chi connectivity index (χ1n) is 17.8. The molecule has 0 unspecified atom stereocenters. The van der Waals surface area contributed by atoms with E-state index in [-0.39, 0.29) is 43.9 Å². The van der Waals surface area contributed by atoms with E-state index in [4.69, 9.17) is 13.8 Å². The summed E-state index contributed by atoms with van der Waals surface area (Å²) < 4.78 is 36.0. The highest BCUT2D eigenvalue weighted by atomic mass is 31.2. The van der Waals surface area contributed by atoms with Gasteiger partial charge in [0.15, 0.2) is 5.85 Å². The molecule has 0 amide bonds. The Morgan fingerprint density at radius 2 is 1.21 bits per heavy atom. The van der Waals surface area contributed by atoms with Gasteiger partial charge < -0.3 is 18.9 Å². The minimum Gasteiger partial charge on any atom is -0.378 e. The molecule has 13 nitrogen and oxygen atoms in total. The molecule has 0 saturated carbocycles. The van der Waals surface area contributed by atoms with Gasteiger partial charge in [-0.05, 0) is 41.0 Å². The number of carbonyl (C=O) groups is 1. The number of rotatable bonds is 16. The molecule has 0 fully saturated rings. The maximum absolute atomic E-state index is 14.6. The highest BCUT2D eigenvalue weighted by Crippen LogP contribution is 2.55. The molecule has 0 radical (unpaired) electrons. The monoisotopic (exact) mass is 771 g/mol. The average Bonchev–Trinajstić information content (AvgIpc) is 3.70. The van der Waals surface area contributed by atoms with Crippen molar-refractivity contribution in [3.63, 3.8) is 0 Å². The highest BCUT2D eigenvalue weighted by molar-refractivity contribution is 7.54. The number of aromatic nitrogens is 5. The smallest absolute Gasteiger partial charge is 0.362 e. The van der Waals surface area contributed by atoms with E-state index in [2.05, 4.69) is 10.3 Å². The molecule has 1 N–H and O–H groups in total. The maximum atomic E-state index is 14.6. The van der Waals surface area contributed by atoms with Crippen molar-refractivity contribution in [2.24, 2.45) is 0 Å². The number of carbonyl (C=O) groups excluding carboxylic acids is 1. The van der Waals surface area contributed by atoms with Gasteiger partial charge in [0.05, 0.1) is 50.0 Å². The molecule has 5 aromatic carbocycles. The largest absolute Gasteiger partial charge is 0.378 e. The van der Waals surface area contributed by atoms with Crippen LogP contribution in [0.15, 0.2) is 161 Å². The number of benzene rings is 5. The number of aliphatic hydroxyl groups is 1. The van der Waals surface area contributed by atoms with Crippen LogP contribution in [-0.2, 0) is 51.3 Å². The van der Waals surface area contributed by atoms with Crippen LogP contribution >= 0.6 is 7.60 Å².